The topological polar surface area (TPSA) is 21.3 Å². The minimum atomic E-state index is -4.36. The van der Waals surface area contributed by atoms with E-state index in [-0.39, 0.29) is 0 Å². The molecule has 21 heavy (non-hydrogen) atoms. The first-order valence-corrected chi connectivity index (χ1v) is 6.72. The van der Waals surface area contributed by atoms with E-state index in [2.05, 4.69) is 11.9 Å². The van der Waals surface area contributed by atoms with Crippen molar-refractivity contribution in [1.29, 1.82) is 0 Å². The average molecular weight is 338 g/mol. The van der Waals surface area contributed by atoms with Gasteiger partial charge in [0.25, 0.3) is 0 Å². The van der Waals surface area contributed by atoms with Gasteiger partial charge < -0.3 is 10.1 Å². The molecule has 2 nitrogen and oxygen atoms in total. The Morgan fingerprint density at radius 3 is 2.24 bits per heavy atom. The molecule has 0 radical (unpaired) electrons. The van der Waals surface area contributed by atoms with Crippen molar-refractivity contribution < 1.29 is 17.9 Å². The maximum atomic E-state index is 12.5. The summed E-state index contributed by atoms with van der Waals surface area (Å²) in [5.41, 5.74) is 0.306. The number of ether oxygens (including phenoxy) is 1. The number of alkyl halides is 5. The smallest absolute Gasteiger partial charge is 0.416 e. The van der Waals surface area contributed by atoms with Gasteiger partial charge in [-0.05, 0) is 30.7 Å². The van der Waals surface area contributed by atoms with E-state index in [0.29, 0.717) is 17.0 Å². The summed E-state index contributed by atoms with van der Waals surface area (Å²) in [5, 5.41) is 2.87. The van der Waals surface area contributed by atoms with Crippen molar-refractivity contribution in [3.05, 3.63) is 53.4 Å². The quantitative estimate of drug-likeness (QED) is 0.790. The zero-order valence-corrected chi connectivity index (χ0v) is 12.5. The fraction of sp³-hybridized carbons (Fsp3) is 0.286. The number of rotatable bonds is 2. The Morgan fingerprint density at radius 1 is 1.24 bits per heavy atom. The number of halogens is 5. The van der Waals surface area contributed by atoms with Crippen LogP contribution < -0.4 is 5.32 Å². The highest BCUT2D eigenvalue weighted by Crippen LogP contribution is 2.34. The Hall–Kier alpha value is -1.33. The molecular formula is C14H12Cl2F3NO. The largest absolute Gasteiger partial charge is 0.465 e. The highest BCUT2D eigenvalue weighted by atomic mass is 35.5. The van der Waals surface area contributed by atoms with E-state index < -0.39 is 22.3 Å². The first-order chi connectivity index (χ1) is 9.57. The number of hydrogen-bond acceptors (Lipinski definition) is 2. The second-order valence-electron chi connectivity index (χ2n) is 4.71. The first kappa shape index (κ1) is 16.0. The van der Waals surface area contributed by atoms with Crippen LogP contribution in [0.2, 0.25) is 0 Å². The van der Waals surface area contributed by atoms with Gasteiger partial charge in [0.15, 0.2) is 4.33 Å². The minimum absolute atomic E-state index is 0.382. The summed E-state index contributed by atoms with van der Waals surface area (Å²) in [6.07, 6.45) is -3.46. The Bertz CT molecular complexity index is 573. The lowest BCUT2D eigenvalue weighted by Crippen LogP contribution is -2.36. The van der Waals surface area contributed by atoms with Gasteiger partial charge in [-0.15, -0.1) is 0 Å². The fourth-order valence-electron chi connectivity index (χ4n) is 1.73. The van der Waals surface area contributed by atoms with E-state index in [1.165, 1.54) is 12.1 Å². The molecule has 1 aliphatic rings. The molecular weight excluding hydrogens is 326 g/mol. The van der Waals surface area contributed by atoms with E-state index >= 15 is 0 Å². The van der Waals surface area contributed by atoms with E-state index in [9.17, 15) is 13.2 Å². The SMILES string of the molecule is C=C1NC(C(C)(Cl)Cl)O/C1=C\c1ccc(C(F)(F)F)cc1. The van der Waals surface area contributed by atoms with E-state index in [0.717, 1.165) is 12.1 Å². The van der Waals surface area contributed by atoms with Gasteiger partial charge in [0.1, 0.15) is 5.76 Å². The molecule has 7 heteroatoms. The fourth-order valence-corrected chi connectivity index (χ4v) is 1.93. The lowest BCUT2D eigenvalue weighted by atomic mass is 10.1. The summed E-state index contributed by atoms with van der Waals surface area (Å²) in [7, 11) is 0. The molecule has 0 spiro atoms. The molecule has 0 amide bonds. The summed E-state index contributed by atoms with van der Waals surface area (Å²) >= 11 is 11.9. The summed E-state index contributed by atoms with van der Waals surface area (Å²) < 4.78 is 41.8. The van der Waals surface area contributed by atoms with Crippen LogP contribution in [0, 0.1) is 0 Å². The van der Waals surface area contributed by atoms with Crippen LogP contribution in [0.1, 0.15) is 18.1 Å². The Labute approximate surface area is 130 Å². The molecule has 1 heterocycles. The Morgan fingerprint density at radius 2 is 1.81 bits per heavy atom. The highest BCUT2D eigenvalue weighted by molar-refractivity contribution is 6.48. The van der Waals surface area contributed by atoms with E-state index in [4.69, 9.17) is 27.9 Å². The van der Waals surface area contributed by atoms with Crippen LogP contribution in [0.5, 0.6) is 0 Å². The zero-order valence-electron chi connectivity index (χ0n) is 11.0. The average Bonchev–Trinajstić information content (AvgIpc) is 2.70. The van der Waals surface area contributed by atoms with Gasteiger partial charge in [0, 0.05) is 0 Å². The summed E-state index contributed by atoms with van der Waals surface area (Å²) in [4.78, 5) is 0. The molecule has 1 aromatic carbocycles. The molecule has 1 atom stereocenters. The lowest BCUT2D eigenvalue weighted by Gasteiger charge is -2.20. The van der Waals surface area contributed by atoms with E-state index in [1.807, 2.05) is 0 Å². The van der Waals surface area contributed by atoms with Crippen molar-refractivity contribution in [2.24, 2.45) is 0 Å². The van der Waals surface area contributed by atoms with Crippen molar-refractivity contribution in [1.82, 2.24) is 5.32 Å². The minimum Gasteiger partial charge on any atom is -0.465 e. The molecule has 114 valence electrons. The van der Waals surface area contributed by atoms with Crippen molar-refractivity contribution in [2.45, 2.75) is 23.7 Å². The maximum Gasteiger partial charge on any atom is 0.416 e. The zero-order chi connectivity index (χ0) is 15.8. The Kier molecular flexibility index (Phi) is 4.17. The van der Waals surface area contributed by atoms with Gasteiger partial charge in [-0.3, -0.25) is 0 Å². The van der Waals surface area contributed by atoms with Crippen LogP contribution in [0.4, 0.5) is 13.2 Å². The van der Waals surface area contributed by atoms with Gasteiger partial charge >= 0.3 is 6.18 Å². The van der Waals surface area contributed by atoms with Gasteiger partial charge in [0.2, 0.25) is 6.23 Å². The third-order valence-corrected chi connectivity index (χ3v) is 3.24. The van der Waals surface area contributed by atoms with Crippen molar-refractivity contribution in [3.8, 4) is 0 Å². The molecule has 0 bridgehead atoms. The maximum absolute atomic E-state index is 12.5. The summed E-state index contributed by atoms with van der Waals surface area (Å²) in [6, 6.07) is 4.70. The third-order valence-electron chi connectivity index (χ3n) is 2.84. The van der Waals surface area contributed by atoms with Crippen LogP contribution in [0.3, 0.4) is 0 Å². The van der Waals surface area contributed by atoms with Gasteiger partial charge in [-0.1, -0.05) is 41.9 Å². The van der Waals surface area contributed by atoms with Crippen molar-refractivity contribution in [3.63, 3.8) is 0 Å². The predicted molar refractivity (Wildman–Crippen MR) is 76.7 cm³/mol. The van der Waals surface area contributed by atoms with Crippen LogP contribution in [-0.2, 0) is 10.9 Å². The molecule has 0 aromatic heterocycles. The molecule has 1 unspecified atom stereocenters. The molecule has 1 N–H and O–H groups in total. The first-order valence-electron chi connectivity index (χ1n) is 5.96. The van der Waals surface area contributed by atoms with Crippen LogP contribution >= 0.6 is 23.2 Å². The molecule has 1 aromatic rings. The number of benzene rings is 1. The van der Waals surface area contributed by atoms with E-state index in [1.54, 1.807) is 13.0 Å². The van der Waals surface area contributed by atoms with Crippen molar-refractivity contribution in [2.75, 3.05) is 0 Å². The number of nitrogens with one attached hydrogen (secondary N) is 1. The lowest BCUT2D eigenvalue weighted by molar-refractivity contribution is -0.137. The molecule has 1 aliphatic heterocycles. The highest BCUT2D eigenvalue weighted by Gasteiger charge is 2.37. The summed E-state index contributed by atoms with van der Waals surface area (Å²) in [6.45, 7) is 5.31. The Balaban J connectivity index is 2.19. The molecule has 0 saturated carbocycles. The second kappa shape index (κ2) is 5.46. The van der Waals surface area contributed by atoms with Crippen LogP contribution in [0.15, 0.2) is 42.3 Å². The normalized spacial score (nSPS) is 21.3. The monoisotopic (exact) mass is 337 g/mol. The molecule has 0 aliphatic carbocycles. The number of hydrogen-bond donors (Lipinski definition) is 1. The van der Waals surface area contributed by atoms with Crippen molar-refractivity contribution >= 4 is 29.3 Å². The molecule has 2 rings (SSSR count). The van der Waals surface area contributed by atoms with Crippen LogP contribution in [-0.4, -0.2) is 10.6 Å². The summed E-state index contributed by atoms with van der Waals surface area (Å²) in [5.74, 6) is 0.382. The van der Waals surface area contributed by atoms with Gasteiger partial charge in [0.05, 0.1) is 11.3 Å². The molecule has 1 fully saturated rings. The third kappa shape index (κ3) is 3.86. The second-order valence-corrected chi connectivity index (χ2v) is 6.47. The van der Waals surface area contributed by atoms with Crippen LogP contribution in [0.25, 0.3) is 6.08 Å². The van der Waals surface area contributed by atoms with Gasteiger partial charge in [-0.2, -0.15) is 13.2 Å². The molecule has 1 saturated heterocycles. The predicted octanol–water partition coefficient (Wildman–Crippen LogP) is 4.70. The van der Waals surface area contributed by atoms with Gasteiger partial charge in [-0.25, -0.2) is 0 Å². The standard InChI is InChI=1S/C14H12Cl2F3NO/c1-8-11(21-12(20-8)13(2,15)16)7-9-3-5-10(6-4-9)14(17,18)19/h3-7,12,20H,1H2,2H3/b11-7-.